The van der Waals surface area contributed by atoms with Crippen LogP contribution in [0.4, 0.5) is 0 Å². The van der Waals surface area contributed by atoms with Gasteiger partial charge in [-0.1, -0.05) is 23.3 Å². The van der Waals surface area contributed by atoms with Crippen molar-refractivity contribution < 1.29 is 0 Å². The molecular weight excluding hydrogens is 144 g/mol. The van der Waals surface area contributed by atoms with Gasteiger partial charge in [0.25, 0.3) is 0 Å². The maximum atomic E-state index is 2.54. The average molecular weight is 162 g/mol. The van der Waals surface area contributed by atoms with Crippen molar-refractivity contribution >= 4 is 0 Å². The van der Waals surface area contributed by atoms with Crippen LogP contribution in [0, 0.1) is 11.8 Å². The second-order valence-electron chi connectivity index (χ2n) is 4.50. The molecule has 0 aliphatic heterocycles. The molecule has 1 saturated carbocycles. The molecule has 2 atom stereocenters. The smallest absolute Gasteiger partial charge is 0.0133 e. The first-order valence-electron chi connectivity index (χ1n) is 5.09. The van der Waals surface area contributed by atoms with Crippen LogP contribution in [0.1, 0.15) is 39.5 Å². The number of hydrogen-bond acceptors (Lipinski definition) is 0. The van der Waals surface area contributed by atoms with Gasteiger partial charge in [0.2, 0.25) is 0 Å². The first-order chi connectivity index (χ1) is 5.75. The van der Waals surface area contributed by atoms with Crippen molar-refractivity contribution in [2.45, 2.75) is 39.5 Å². The summed E-state index contributed by atoms with van der Waals surface area (Å²) in [5.41, 5.74) is 3.19. The Morgan fingerprint density at radius 3 is 2.83 bits per heavy atom. The Labute approximate surface area is 75.4 Å². The largest absolute Gasteiger partial charge is 0.0818 e. The molecule has 0 aromatic carbocycles. The maximum Gasteiger partial charge on any atom is -0.0133 e. The van der Waals surface area contributed by atoms with E-state index in [4.69, 9.17) is 0 Å². The van der Waals surface area contributed by atoms with Crippen LogP contribution in [0.25, 0.3) is 0 Å². The molecule has 0 heterocycles. The van der Waals surface area contributed by atoms with E-state index in [-0.39, 0.29) is 0 Å². The molecule has 0 spiro atoms. The molecule has 66 valence electrons. The molecule has 0 N–H and O–H groups in total. The van der Waals surface area contributed by atoms with Gasteiger partial charge >= 0.3 is 0 Å². The quantitative estimate of drug-likeness (QED) is 0.543. The second-order valence-corrected chi connectivity index (χ2v) is 4.50. The Balaban J connectivity index is 1.98. The maximum absolute atomic E-state index is 2.54. The van der Waals surface area contributed by atoms with Gasteiger partial charge in [0.05, 0.1) is 0 Å². The summed E-state index contributed by atoms with van der Waals surface area (Å²) in [7, 11) is 0. The van der Waals surface area contributed by atoms with Crippen molar-refractivity contribution in [3.63, 3.8) is 0 Å². The minimum Gasteiger partial charge on any atom is -0.0818 e. The Kier molecular flexibility index (Phi) is 2.08. The molecule has 0 radical (unpaired) electrons. The van der Waals surface area contributed by atoms with Gasteiger partial charge in [-0.15, -0.1) is 0 Å². The first kappa shape index (κ1) is 8.10. The van der Waals surface area contributed by atoms with Gasteiger partial charge in [0.1, 0.15) is 0 Å². The monoisotopic (exact) mass is 162 g/mol. The summed E-state index contributed by atoms with van der Waals surface area (Å²) in [5.74, 6) is 1.92. The van der Waals surface area contributed by atoms with Crippen molar-refractivity contribution in [3.05, 3.63) is 23.3 Å². The van der Waals surface area contributed by atoms with E-state index in [9.17, 15) is 0 Å². The summed E-state index contributed by atoms with van der Waals surface area (Å²) in [6, 6.07) is 0. The summed E-state index contributed by atoms with van der Waals surface area (Å²) in [6.45, 7) is 4.38. The lowest BCUT2D eigenvalue weighted by Crippen LogP contribution is -1.95. The van der Waals surface area contributed by atoms with Crippen LogP contribution in [0.5, 0.6) is 0 Å². The topological polar surface area (TPSA) is 0 Å². The van der Waals surface area contributed by atoms with E-state index in [1.807, 2.05) is 0 Å². The van der Waals surface area contributed by atoms with E-state index in [2.05, 4.69) is 26.0 Å². The minimum absolute atomic E-state index is 0.954. The highest BCUT2D eigenvalue weighted by Crippen LogP contribution is 2.44. The average Bonchev–Trinajstić information content (AvgIpc) is 2.60. The SMILES string of the molecule is CC(C)=CCC1=CC2CCC1C2. The molecular formula is C12H18. The van der Waals surface area contributed by atoms with Gasteiger partial charge in [-0.2, -0.15) is 0 Å². The summed E-state index contributed by atoms with van der Waals surface area (Å²) >= 11 is 0. The number of fused-ring (bicyclic) bond motifs is 2. The third kappa shape index (κ3) is 1.48. The summed E-state index contributed by atoms with van der Waals surface area (Å²) in [4.78, 5) is 0. The Morgan fingerprint density at radius 2 is 2.33 bits per heavy atom. The zero-order valence-corrected chi connectivity index (χ0v) is 8.14. The van der Waals surface area contributed by atoms with Crippen LogP contribution >= 0.6 is 0 Å². The third-order valence-corrected chi connectivity index (χ3v) is 3.19. The van der Waals surface area contributed by atoms with Crippen LogP contribution in [0.3, 0.4) is 0 Å². The predicted octanol–water partition coefficient (Wildman–Crippen LogP) is 3.70. The van der Waals surface area contributed by atoms with Gasteiger partial charge < -0.3 is 0 Å². The van der Waals surface area contributed by atoms with Crippen molar-refractivity contribution in [1.29, 1.82) is 0 Å². The lowest BCUT2D eigenvalue weighted by Gasteiger charge is -2.10. The molecule has 2 aliphatic carbocycles. The van der Waals surface area contributed by atoms with Gasteiger partial charge in [-0.05, 0) is 51.4 Å². The summed E-state index contributed by atoms with van der Waals surface area (Å²) in [5, 5.41) is 0. The molecule has 2 rings (SSSR count). The molecule has 1 fully saturated rings. The fourth-order valence-electron chi connectivity index (χ4n) is 2.50. The summed E-state index contributed by atoms with van der Waals surface area (Å²) < 4.78 is 0. The van der Waals surface area contributed by atoms with E-state index in [1.54, 1.807) is 5.57 Å². The van der Waals surface area contributed by atoms with Crippen molar-refractivity contribution in [1.82, 2.24) is 0 Å². The highest BCUT2D eigenvalue weighted by Gasteiger charge is 2.31. The molecule has 2 aliphatic rings. The molecule has 2 unspecified atom stereocenters. The van der Waals surface area contributed by atoms with Crippen LogP contribution in [-0.4, -0.2) is 0 Å². The van der Waals surface area contributed by atoms with Crippen molar-refractivity contribution in [2.75, 3.05) is 0 Å². The zero-order valence-electron chi connectivity index (χ0n) is 8.14. The fraction of sp³-hybridized carbons (Fsp3) is 0.667. The van der Waals surface area contributed by atoms with E-state index in [0.717, 1.165) is 11.8 Å². The van der Waals surface area contributed by atoms with Gasteiger partial charge in [-0.25, -0.2) is 0 Å². The normalized spacial score (nSPS) is 32.0. The molecule has 0 nitrogen and oxygen atoms in total. The van der Waals surface area contributed by atoms with Gasteiger partial charge in [0.15, 0.2) is 0 Å². The Morgan fingerprint density at radius 1 is 1.50 bits per heavy atom. The van der Waals surface area contributed by atoms with Gasteiger partial charge in [-0.3, -0.25) is 0 Å². The molecule has 12 heavy (non-hydrogen) atoms. The Bertz CT molecular complexity index is 228. The molecule has 0 aromatic rings. The van der Waals surface area contributed by atoms with E-state index < -0.39 is 0 Å². The van der Waals surface area contributed by atoms with Crippen molar-refractivity contribution in [3.8, 4) is 0 Å². The fourth-order valence-corrected chi connectivity index (χ4v) is 2.50. The van der Waals surface area contributed by atoms with E-state index in [1.165, 1.54) is 31.3 Å². The first-order valence-corrected chi connectivity index (χ1v) is 5.09. The van der Waals surface area contributed by atoms with Gasteiger partial charge in [0, 0.05) is 0 Å². The third-order valence-electron chi connectivity index (χ3n) is 3.19. The Hall–Kier alpha value is -0.520. The van der Waals surface area contributed by atoms with E-state index >= 15 is 0 Å². The van der Waals surface area contributed by atoms with E-state index in [0.29, 0.717) is 0 Å². The van der Waals surface area contributed by atoms with Crippen LogP contribution in [0.15, 0.2) is 23.3 Å². The van der Waals surface area contributed by atoms with Crippen LogP contribution in [0.2, 0.25) is 0 Å². The lowest BCUT2D eigenvalue weighted by atomic mass is 9.95. The lowest BCUT2D eigenvalue weighted by molar-refractivity contribution is 0.644. The number of hydrogen-bond donors (Lipinski definition) is 0. The number of allylic oxidation sites excluding steroid dienone is 4. The minimum atomic E-state index is 0.954. The van der Waals surface area contributed by atoms with Crippen LogP contribution < -0.4 is 0 Å². The van der Waals surface area contributed by atoms with Crippen LogP contribution in [-0.2, 0) is 0 Å². The summed E-state index contributed by atoms with van der Waals surface area (Å²) in [6.07, 6.45) is 10.5. The molecule has 2 bridgehead atoms. The molecule has 0 amide bonds. The zero-order chi connectivity index (χ0) is 8.55. The highest BCUT2D eigenvalue weighted by molar-refractivity contribution is 5.22. The molecule has 0 saturated heterocycles. The predicted molar refractivity (Wildman–Crippen MR) is 53.0 cm³/mol. The highest BCUT2D eigenvalue weighted by atomic mass is 14.4. The number of rotatable bonds is 2. The molecule has 0 aromatic heterocycles. The molecule has 0 heteroatoms. The second kappa shape index (κ2) is 3.08. The van der Waals surface area contributed by atoms with Crippen molar-refractivity contribution in [2.24, 2.45) is 11.8 Å². The standard InChI is InChI=1S/C12H18/c1-9(2)3-5-11-7-10-4-6-12(11)8-10/h3,7,10,12H,4-6,8H2,1-2H3.